The van der Waals surface area contributed by atoms with Crippen molar-refractivity contribution in [3.63, 3.8) is 0 Å². The van der Waals surface area contributed by atoms with Crippen molar-refractivity contribution in [3.8, 4) is 11.5 Å². The van der Waals surface area contributed by atoms with Gasteiger partial charge in [0, 0.05) is 12.1 Å². The number of amides is 1. The van der Waals surface area contributed by atoms with Crippen LogP contribution in [0, 0.1) is 0 Å². The summed E-state index contributed by atoms with van der Waals surface area (Å²) in [7, 11) is 5.62. The van der Waals surface area contributed by atoms with Crippen molar-refractivity contribution in [2.45, 2.75) is 19.4 Å². The summed E-state index contributed by atoms with van der Waals surface area (Å²) < 4.78 is 11.0. The quantitative estimate of drug-likeness (QED) is 0.750. The van der Waals surface area contributed by atoms with Gasteiger partial charge >= 0.3 is 0 Å². The molecular weight excluding hydrogens is 328 g/mol. The van der Waals surface area contributed by atoms with Gasteiger partial charge in [-0.2, -0.15) is 0 Å². The average molecular weight is 356 g/mol. The van der Waals surface area contributed by atoms with Crippen LogP contribution in [0.3, 0.4) is 0 Å². The lowest BCUT2D eigenvalue weighted by atomic mass is 10.0. The molecule has 0 aromatic heterocycles. The number of hydrogen-bond donors (Lipinski definition) is 1. The highest BCUT2D eigenvalue weighted by atomic mass is 16.5. The van der Waals surface area contributed by atoms with Crippen molar-refractivity contribution >= 4 is 5.91 Å². The second-order valence-corrected chi connectivity index (χ2v) is 6.31. The summed E-state index contributed by atoms with van der Waals surface area (Å²) in [5.41, 5.74) is 2.28. The van der Waals surface area contributed by atoms with Crippen LogP contribution in [0.15, 0.2) is 48.5 Å². The van der Waals surface area contributed by atoms with E-state index in [4.69, 9.17) is 9.47 Å². The number of rotatable bonds is 9. The van der Waals surface area contributed by atoms with Gasteiger partial charge in [0.15, 0.2) is 6.61 Å². The number of nitrogens with zero attached hydrogens (tertiary/aromatic N) is 1. The Morgan fingerprint density at radius 3 is 2.42 bits per heavy atom. The molecule has 0 fully saturated rings. The van der Waals surface area contributed by atoms with E-state index in [1.165, 1.54) is 5.56 Å². The monoisotopic (exact) mass is 356 g/mol. The molecule has 1 amide bonds. The number of carbonyl (C=O) groups excluding carboxylic acids is 1. The molecule has 2 aromatic carbocycles. The van der Waals surface area contributed by atoms with Gasteiger partial charge in [0.25, 0.3) is 5.91 Å². The van der Waals surface area contributed by atoms with E-state index in [9.17, 15) is 4.79 Å². The van der Waals surface area contributed by atoms with Crippen LogP contribution in [0.2, 0.25) is 0 Å². The molecule has 1 N–H and O–H groups in total. The van der Waals surface area contributed by atoms with Crippen LogP contribution in [0.4, 0.5) is 0 Å². The number of carbonyl (C=O) groups is 1. The zero-order chi connectivity index (χ0) is 18.9. The van der Waals surface area contributed by atoms with Crippen LogP contribution in [-0.2, 0) is 11.2 Å². The molecule has 0 saturated heterocycles. The SMILES string of the molecule is CCc1ccc(OCC(=O)NCC(c2ccccc2OC)N(C)C)cc1. The molecule has 1 atom stereocenters. The number of benzene rings is 2. The van der Waals surface area contributed by atoms with Gasteiger partial charge in [0.1, 0.15) is 11.5 Å². The first-order chi connectivity index (χ1) is 12.5. The maximum Gasteiger partial charge on any atom is 0.258 e. The highest BCUT2D eigenvalue weighted by molar-refractivity contribution is 5.77. The molecule has 0 spiro atoms. The molecule has 1 unspecified atom stereocenters. The highest BCUT2D eigenvalue weighted by Gasteiger charge is 2.19. The summed E-state index contributed by atoms with van der Waals surface area (Å²) in [5, 5.41) is 2.95. The maximum absolute atomic E-state index is 12.2. The number of para-hydroxylation sites is 1. The molecule has 0 bridgehead atoms. The number of hydrogen-bond acceptors (Lipinski definition) is 4. The van der Waals surface area contributed by atoms with Gasteiger partial charge in [-0.3, -0.25) is 4.79 Å². The summed E-state index contributed by atoms with van der Waals surface area (Å²) in [6.45, 7) is 2.58. The van der Waals surface area contributed by atoms with Crippen molar-refractivity contribution in [1.29, 1.82) is 0 Å². The van der Waals surface area contributed by atoms with Gasteiger partial charge < -0.3 is 19.7 Å². The Bertz CT molecular complexity index is 699. The van der Waals surface area contributed by atoms with Crippen molar-refractivity contribution in [2.75, 3.05) is 34.4 Å². The van der Waals surface area contributed by atoms with Crippen LogP contribution in [0.5, 0.6) is 11.5 Å². The van der Waals surface area contributed by atoms with E-state index >= 15 is 0 Å². The lowest BCUT2D eigenvalue weighted by molar-refractivity contribution is -0.123. The zero-order valence-electron chi connectivity index (χ0n) is 16.0. The number of likely N-dealkylation sites (N-methyl/N-ethyl adjacent to an activating group) is 1. The minimum Gasteiger partial charge on any atom is -0.496 e. The van der Waals surface area contributed by atoms with E-state index in [0.717, 1.165) is 17.7 Å². The molecule has 0 aliphatic carbocycles. The van der Waals surface area contributed by atoms with Gasteiger partial charge in [0.05, 0.1) is 13.2 Å². The fraction of sp³-hybridized carbons (Fsp3) is 0.381. The van der Waals surface area contributed by atoms with E-state index in [2.05, 4.69) is 17.1 Å². The van der Waals surface area contributed by atoms with Crippen LogP contribution in [-0.4, -0.2) is 45.2 Å². The van der Waals surface area contributed by atoms with Gasteiger partial charge in [-0.05, 0) is 44.3 Å². The third-order valence-electron chi connectivity index (χ3n) is 4.32. The Kier molecular flexibility index (Phi) is 7.48. The van der Waals surface area contributed by atoms with E-state index in [1.807, 2.05) is 62.6 Å². The molecule has 26 heavy (non-hydrogen) atoms. The Balaban J connectivity index is 1.90. The van der Waals surface area contributed by atoms with Gasteiger partial charge in [-0.1, -0.05) is 37.3 Å². The normalized spacial score (nSPS) is 11.9. The molecule has 0 radical (unpaired) electrons. The van der Waals surface area contributed by atoms with E-state index in [0.29, 0.717) is 12.3 Å². The number of nitrogens with one attached hydrogen (secondary N) is 1. The predicted molar refractivity (Wildman–Crippen MR) is 104 cm³/mol. The minimum atomic E-state index is -0.147. The van der Waals surface area contributed by atoms with Crippen molar-refractivity contribution in [2.24, 2.45) is 0 Å². The number of aryl methyl sites for hydroxylation is 1. The topological polar surface area (TPSA) is 50.8 Å². The Morgan fingerprint density at radius 1 is 1.12 bits per heavy atom. The Morgan fingerprint density at radius 2 is 1.81 bits per heavy atom. The largest absolute Gasteiger partial charge is 0.496 e. The lowest BCUT2D eigenvalue weighted by Crippen LogP contribution is -2.37. The maximum atomic E-state index is 12.2. The molecule has 0 aliphatic rings. The van der Waals surface area contributed by atoms with Gasteiger partial charge in [-0.15, -0.1) is 0 Å². The van der Waals surface area contributed by atoms with Crippen molar-refractivity contribution in [1.82, 2.24) is 10.2 Å². The molecule has 2 rings (SSSR count). The third-order valence-corrected chi connectivity index (χ3v) is 4.32. The molecule has 140 valence electrons. The molecule has 5 heteroatoms. The van der Waals surface area contributed by atoms with Crippen LogP contribution in [0.1, 0.15) is 24.1 Å². The molecule has 0 saturated carbocycles. The zero-order valence-corrected chi connectivity index (χ0v) is 16.0. The first kappa shape index (κ1) is 19.8. The van der Waals surface area contributed by atoms with Crippen LogP contribution in [0.25, 0.3) is 0 Å². The predicted octanol–water partition coefficient (Wildman–Crippen LogP) is 3.06. The standard InChI is InChI=1S/C21H28N2O3/c1-5-16-10-12-17(13-11-16)26-15-21(24)22-14-19(23(2)3)18-8-6-7-9-20(18)25-4/h6-13,19H,5,14-15H2,1-4H3,(H,22,24). The Hall–Kier alpha value is -2.53. The summed E-state index contributed by atoms with van der Waals surface area (Å²) in [5.74, 6) is 1.37. The molecular formula is C21H28N2O3. The smallest absolute Gasteiger partial charge is 0.258 e. The summed E-state index contributed by atoms with van der Waals surface area (Å²) in [6.07, 6.45) is 0.982. The molecule has 0 heterocycles. The first-order valence-electron chi connectivity index (χ1n) is 8.83. The Labute approximate surface area is 155 Å². The molecule has 2 aromatic rings. The van der Waals surface area contributed by atoms with E-state index in [-0.39, 0.29) is 18.6 Å². The second-order valence-electron chi connectivity index (χ2n) is 6.31. The van der Waals surface area contributed by atoms with E-state index < -0.39 is 0 Å². The fourth-order valence-corrected chi connectivity index (χ4v) is 2.74. The first-order valence-corrected chi connectivity index (χ1v) is 8.83. The van der Waals surface area contributed by atoms with Gasteiger partial charge in [-0.25, -0.2) is 0 Å². The fourth-order valence-electron chi connectivity index (χ4n) is 2.74. The lowest BCUT2D eigenvalue weighted by Gasteiger charge is -2.26. The average Bonchev–Trinajstić information content (AvgIpc) is 2.67. The third kappa shape index (κ3) is 5.49. The second kappa shape index (κ2) is 9.82. The van der Waals surface area contributed by atoms with Crippen LogP contribution >= 0.6 is 0 Å². The number of methoxy groups -OCH3 is 1. The van der Waals surface area contributed by atoms with Crippen molar-refractivity contribution in [3.05, 3.63) is 59.7 Å². The molecule has 0 aliphatic heterocycles. The van der Waals surface area contributed by atoms with Crippen molar-refractivity contribution < 1.29 is 14.3 Å². The summed E-state index contributed by atoms with van der Waals surface area (Å²) in [6, 6.07) is 15.7. The van der Waals surface area contributed by atoms with E-state index in [1.54, 1.807) is 7.11 Å². The summed E-state index contributed by atoms with van der Waals surface area (Å²) >= 11 is 0. The number of ether oxygens (including phenoxy) is 2. The van der Waals surface area contributed by atoms with Crippen LogP contribution < -0.4 is 14.8 Å². The minimum absolute atomic E-state index is 0.00244. The molecule has 5 nitrogen and oxygen atoms in total. The highest BCUT2D eigenvalue weighted by Crippen LogP contribution is 2.27. The van der Waals surface area contributed by atoms with Gasteiger partial charge in [0.2, 0.25) is 0 Å². The summed E-state index contributed by atoms with van der Waals surface area (Å²) in [4.78, 5) is 14.2.